The molecule has 1 aromatic rings. The van der Waals surface area contributed by atoms with Crippen molar-refractivity contribution < 1.29 is 27.8 Å². The SMILES string of the molecule is BCc1ccc(C(=O)OCCCC(=O)OCC(C)(F)F)cc1. The number of benzene rings is 1. The molecule has 0 bridgehead atoms. The van der Waals surface area contributed by atoms with Crippen molar-refractivity contribution in [3.05, 3.63) is 35.4 Å². The van der Waals surface area contributed by atoms with Gasteiger partial charge in [-0.15, -0.1) is 0 Å². The van der Waals surface area contributed by atoms with Crippen molar-refractivity contribution in [2.24, 2.45) is 0 Å². The number of rotatable bonds is 8. The first-order chi connectivity index (χ1) is 10.3. The number of halogens is 2. The molecular weight excluding hydrogens is 293 g/mol. The van der Waals surface area contributed by atoms with E-state index in [4.69, 9.17) is 4.74 Å². The molecule has 4 nitrogen and oxygen atoms in total. The van der Waals surface area contributed by atoms with Crippen LogP contribution in [-0.2, 0) is 20.6 Å². The molecular formula is C15H19BF2O4. The summed E-state index contributed by atoms with van der Waals surface area (Å²) in [5.41, 5.74) is 1.55. The summed E-state index contributed by atoms with van der Waals surface area (Å²) in [6.45, 7) is -0.229. The van der Waals surface area contributed by atoms with Crippen LogP contribution in [0, 0.1) is 0 Å². The highest BCUT2D eigenvalue weighted by molar-refractivity contribution is 6.08. The van der Waals surface area contributed by atoms with E-state index >= 15 is 0 Å². The maximum atomic E-state index is 12.5. The Bertz CT molecular complexity index is 497. The van der Waals surface area contributed by atoms with Crippen LogP contribution in [0.1, 0.15) is 35.7 Å². The molecule has 120 valence electrons. The van der Waals surface area contributed by atoms with E-state index in [2.05, 4.69) is 4.74 Å². The highest BCUT2D eigenvalue weighted by atomic mass is 19.3. The molecule has 0 amide bonds. The zero-order chi connectivity index (χ0) is 16.6. The monoisotopic (exact) mass is 312 g/mol. The molecule has 0 aliphatic rings. The average Bonchev–Trinajstić information content (AvgIpc) is 2.48. The number of carbonyl (C=O) groups is 2. The van der Waals surface area contributed by atoms with Crippen molar-refractivity contribution in [1.82, 2.24) is 0 Å². The van der Waals surface area contributed by atoms with Crippen LogP contribution in [0.4, 0.5) is 8.78 Å². The van der Waals surface area contributed by atoms with Gasteiger partial charge in [0.15, 0.2) is 6.61 Å². The lowest BCUT2D eigenvalue weighted by atomic mass is 9.96. The van der Waals surface area contributed by atoms with Crippen LogP contribution >= 0.6 is 0 Å². The third-order valence-corrected chi connectivity index (χ3v) is 2.84. The van der Waals surface area contributed by atoms with Gasteiger partial charge in [-0.05, 0) is 18.6 Å². The van der Waals surface area contributed by atoms with E-state index < -0.39 is 24.5 Å². The van der Waals surface area contributed by atoms with Gasteiger partial charge in [-0.3, -0.25) is 4.79 Å². The average molecular weight is 312 g/mol. The lowest BCUT2D eigenvalue weighted by Gasteiger charge is -2.10. The third kappa shape index (κ3) is 7.20. The molecule has 0 fully saturated rings. The summed E-state index contributed by atoms with van der Waals surface area (Å²) in [6, 6.07) is 7.05. The van der Waals surface area contributed by atoms with E-state index in [1.54, 1.807) is 12.1 Å². The fraction of sp³-hybridized carbons (Fsp3) is 0.467. The van der Waals surface area contributed by atoms with Crippen molar-refractivity contribution >= 4 is 19.8 Å². The molecule has 0 radical (unpaired) electrons. The summed E-state index contributed by atoms with van der Waals surface area (Å²) in [5.74, 6) is -4.24. The number of hydrogen-bond acceptors (Lipinski definition) is 4. The first-order valence-corrected chi connectivity index (χ1v) is 7.11. The fourth-order valence-corrected chi connectivity index (χ4v) is 1.62. The zero-order valence-corrected chi connectivity index (χ0v) is 12.7. The topological polar surface area (TPSA) is 52.6 Å². The quantitative estimate of drug-likeness (QED) is 0.418. The van der Waals surface area contributed by atoms with Gasteiger partial charge in [0.25, 0.3) is 5.92 Å². The van der Waals surface area contributed by atoms with Gasteiger partial charge < -0.3 is 9.47 Å². The van der Waals surface area contributed by atoms with E-state index in [1.807, 2.05) is 20.0 Å². The number of esters is 2. The maximum absolute atomic E-state index is 12.5. The predicted octanol–water partition coefficient (Wildman–Crippen LogP) is 1.96. The summed E-state index contributed by atoms with van der Waals surface area (Å²) in [6.07, 6.45) is 1.04. The molecule has 7 heteroatoms. The Hall–Kier alpha value is -1.92. The van der Waals surface area contributed by atoms with Crippen LogP contribution in [0.3, 0.4) is 0 Å². The van der Waals surface area contributed by atoms with E-state index in [9.17, 15) is 18.4 Å². The molecule has 0 heterocycles. The Morgan fingerprint density at radius 3 is 2.36 bits per heavy atom. The molecule has 1 rings (SSSR count). The summed E-state index contributed by atoms with van der Waals surface area (Å²) in [5, 5.41) is 0. The Kier molecular flexibility index (Phi) is 7.01. The minimum atomic E-state index is -3.03. The summed E-state index contributed by atoms with van der Waals surface area (Å²) in [4.78, 5) is 22.9. The molecule has 22 heavy (non-hydrogen) atoms. The van der Waals surface area contributed by atoms with Gasteiger partial charge in [-0.25, -0.2) is 13.6 Å². The van der Waals surface area contributed by atoms with Gasteiger partial charge in [0, 0.05) is 13.3 Å². The van der Waals surface area contributed by atoms with Crippen LogP contribution in [0.25, 0.3) is 0 Å². The number of carbonyl (C=O) groups excluding carboxylic acids is 2. The minimum absolute atomic E-state index is 0.0337. The fourth-order valence-electron chi connectivity index (χ4n) is 1.62. The molecule has 0 spiro atoms. The predicted molar refractivity (Wildman–Crippen MR) is 79.8 cm³/mol. The summed E-state index contributed by atoms with van der Waals surface area (Å²) >= 11 is 0. The van der Waals surface area contributed by atoms with Crippen LogP contribution in [0.15, 0.2) is 24.3 Å². The van der Waals surface area contributed by atoms with Crippen LogP contribution in [0.5, 0.6) is 0 Å². The second-order valence-corrected chi connectivity index (χ2v) is 5.02. The molecule has 1 aromatic carbocycles. The van der Waals surface area contributed by atoms with Crippen molar-refractivity contribution in [1.29, 1.82) is 0 Å². The van der Waals surface area contributed by atoms with Crippen molar-refractivity contribution in [2.75, 3.05) is 13.2 Å². The molecule has 0 N–H and O–H groups in total. The second kappa shape index (κ2) is 8.51. The largest absolute Gasteiger partial charge is 0.462 e. The van der Waals surface area contributed by atoms with Gasteiger partial charge in [0.1, 0.15) is 7.85 Å². The molecule has 0 aliphatic heterocycles. The first-order valence-electron chi connectivity index (χ1n) is 7.11. The first kappa shape index (κ1) is 18.1. The Balaban J connectivity index is 2.23. The van der Waals surface area contributed by atoms with Crippen molar-refractivity contribution in [2.45, 2.75) is 32.0 Å². The lowest BCUT2D eigenvalue weighted by molar-refractivity contribution is -0.153. The Morgan fingerprint density at radius 1 is 1.18 bits per heavy atom. The molecule has 0 aromatic heterocycles. The standard InChI is InChI=1S/C15H19BF2O4/c1-15(17,18)10-22-13(19)3-2-8-21-14(20)12-6-4-11(9-16)5-7-12/h4-7H,2-3,8-10,16H2,1H3. The molecule has 0 atom stereocenters. The normalized spacial score (nSPS) is 11.0. The van der Waals surface area contributed by atoms with Gasteiger partial charge in [-0.2, -0.15) is 0 Å². The molecule has 0 saturated carbocycles. The Morgan fingerprint density at radius 2 is 1.82 bits per heavy atom. The van der Waals surface area contributed by atoms with Crippen molar-refractivity contribution in [3.63, 3.8) is 0 Å². The number of alkyl halides is 2. The van der Waals surface area contributed by atoms with E-state index in [-0.39, 0.29) is 19.4 Å². The summed E-state index contributed by atoms with van der Waals surface area (Å²) in [7, 11) is 2.01. The van der Waals surface area contributed by atoms with Gasteiger partial charge in [-0.1, -0.05) is 24.0 Å². The van der Waals surface area contributed by atoms with Crippen LogP contribution in [-0.4, -0.2) is 38.9 Å². The molecule has 0 aliphatic carbocycles. The minimum Gasteiger partial charge on any atom is -0.462 e. The van der Waals surface area contributed by atoms with Gasteiger partial charge in [0.05, 0.1) is 12.2 Å². The van der Waals surface area contributed by atoms with Gasteiger partial charge >= 0.3 is 11.9 Å². The summed E-state index contributed by atoms with van der Waals surface area (Å²) < 4.78 is 34.3. The second-order valence-electron chi connectivity index (χ2n) is 5.02. The van der Waals surface area contributed by atoms with E-state index in [0.29, 0.717) is 12.5 Å². The van der Waals surface area contributed by atoms with Gasteiger partial charge in [0.2, 0.25) is 0 Å². The smallest absolute Gasteiger partial charge is 0.338 e. The number of ether oxygens (including phenoxy) is 2. The maximum Gasteiger partial charge on any atom is 0.338 e. The highest BCUT2D eigenvalue weighted by Crippen LogP contribution is 2.12. The van der Waals surface area contributed by atoms with Crippen LogP contribution in [0.2, 0.25) is 0 Å². The lowest BCUT2D eigenvalue weighted by Crippen LogP contribution is -2.21. The van der Waals surface area contributed by atoms with Crippen molar-refractivity contribution in [3.8, 4) is 0 Å². The molecule has 0 unspecified atom stereocenters. The van der Waals surface area contributed by atoms with E-state index in [0.717, 1.165) is 11.9 Å². The van der Waals surface area contributed by atoms with Crippen LogP contribution < -0.4 is 0 Å². The third-order valence-electron chi connectivity index (χ3n) is 2.84. The number of hydrogen-bond donors (Lipinski definition) is 0. The molecule has 0 saturated heterocycles. The van der Waals surface area contributed by atoms with E-state index in [1.165, 1.54) is 0 Å². The Labute approximate surface area is 129 Å². The highest BCUT2D eigenvalue weighted by Gasteiger charge is 2.23. The zero-order valence-electron chi connectivity index (χ0n) is 12.7.